The predicted octanol–water partition coefficient (Wildman–Crippen LogP) is 4.29. The molecular formula is C31H38N4O5. The molecule has 1 saturated heterocycles. The minimum absolute atomic E-state index is 0.237. The topological polar surface area (TPSA) is 98.5 Å². The largest absolute Gasteiger partial charge is 0.493 e. The van der Waals surface area contributed by atoms with Gasteiger partial charge >= 0.3 is 0 Å². The van der Waals surface area contributed by atoms with Gasteiger partial charge in [0.05, 0.1) is 45.9 Å². The molecule has 1 aliphatic heterocycles. The number of methoxy groups -OCH3 is 3. The molecule has 0 aromatic heterocycles. The monoisotopic (exact) mass is 546 g/mol. The van der Waals surface area contributed by atoms with Gasteiger partial charge in [0.2, 0.25) is 11.7 Å². The highest BCUT2D eigenvalue weighted by atomic mass is 16.5. The van der Waals surface area contributed by atoms with Gasteiger partial charge in [-0.25, -0.2) is 0 Å². The summed E-state index contributed by atoms with van der Waals surface area (Å²) in [6.45, 7) is 5.76. The molecular weight excluding hydrogens is 508 g/mol. The van der Waals surface area contributed by atoms with Crippen molar-refractivity contribution in [1.82, 2.24) is 4.90 Å². The number of carbonyl (C=O) groups is 1. The highest BCUT2D eigenvalue weighted by Gasteiger charge is 2.19. The standard InChI is InChI=1S/C31H38N4O5/c1-37-28-20-25(21-29(38-2)31(28)39-3)35(15-14-34-16-18-40-19-17-34)22-24-10-8-23(9-11-24)12-13-30(36)33-27-7-5-4-6-26(27)32/h4-13,20-21H,14-19,22,32H2,1-3H3,(H,33,36). The molecule has 0 radical (unpaired) electrons. The van der Waals surface area contributed by atoms with Crippen LogP contribution in [-0.4, -0.2) is 71.5 Å². The maximum Gasteiger partial charge on any atom is 0.248 e. The summed E-state index contributed by atoms with van der Waals surface area (Å²) >= 11 is 0. The molecule has 0 saturated carbocycles. The van der Waals surface area contributed by atoms with Gasteiger partial charge in [0.1, 0.15) is 0 Å². The average molecular weight is 547 g/mol. The van der Waals surface area contributed by atoms with Gasteiger partial charge in [-0.05, 0) is 29.3 Å². The number of amides is 1. The van der Waals surface area contributed by atoms with Crippen molar-refractivity contribution in [1.29, 1.82) is 0 Å². The van der Waals surface area contributed by atoms with Gasteiger partial charge in [0.25, 0.3) is 0 Å². The summed E-state index contributed by atoms with van der Waals surface area (Å²) in [4.78, 5) is 17.1. The quantitative estimate of drug-likeness (QED) is 0.257. The van der Waals surface area contributed by atoms with Crippen LogP contribution in [-0.2, 0) is 16.1 Å². The molecule has 212 valence electrons. The van der Waals surface area contributed by atoms with Gasteiger partial charge < -0.3 is 34.9 Å². The molecule has 1 aliphatic rings. The van der Waals surface area contributed by atoms with Crippen LogP contribution < -0.4 is 30.2 Å². The first-order valence-corrected chi connectivity index (χ1v) is 13.3. The van der Waals surface area contributed by atoms with Crippen molar-refractivity contribution < 1.29 is 23.7 Å². The number of rotatable bonds is 12. The molecule has 0 bridgehead atoms. The first-order valence-electron chi connectivity index (χ1n) is 13.3. The van der Waals surface area contributed by atoms with Crippen molar-refractivity contribution >= 4 is 29.0 Å². The second-order valence-electron chi connectivity index (χ2n) is 9.41. The maximum atomic E-state index is 12.4. The Hall–Kier alpha value is -4.21. The van der Waals surface area contributed by atoms with E-state index in [2.05, 4.69) is 27.2 Å². The highest BCUT2D eigenvalue weighted by Crippen LogP contribution is 2.41. The van der Waals surface area contributed by atoms with Crippen molar-refractivity contribution in [2.45, 2.75) is 6.54 Å². The van der Waals surface area contributed by atoms with Crippen LogP contribution >= 0.6 is 0 Å². The van der Waals surface area contributed by atoms with Gasteiger partial charge in [-0.1, -0.05) is 36.4 Å². The maximum absolute atomic E-state index is 12.4. The molecule has 1 amide bonds. The fraction of sp³-hybridized carbons (Fsp3) is 0.323. The summed E-state index contributed by atoms with van der Waals surface area (Å²) in [6.07, 6.45) is 3.29. The lowest BCUT2D eigenvalue weighted by atomic mass is 10.1. The Kier molecular flexibility index (Phi) is 10.3. The van der Waals surface area contributed by atoms with Gasteiger partial charge in [-0.15, -0.1) is 0 Å². The minimum atomic E-state index is -0.237. The molecule has 3 N–H and O–H groups in total. The normalized spacial score (nSPS) is 13.7. The zero-order valence-electron chi connectivity index (χ0n) is 23.4. The Balaban J connectivity index is 1.48. The average Bonchev–Trinajstić information content (AvgIpc) is 2.99. The van der Waals surface area contributed by atoms with E-state index in [4.69, 9.17) is 24.7 Å². The number of hydrogen-bond donors (Lipinski definition) is 2. The summed E-state index contributed by atoms with van der Waals surface area (Å²) < 4.78 is 22.3. The fourth-order valence-corrected chi connectivity index (χ4v) is 4.55. The number of anilines is 3. The van der Waals surface area contributed by atoms with E-state index in [9.17, 15) is 4.79 Å². The molecule has 4 rings (SSSR count). The van der Waals surface area contributed by atoms with E-state index in [1.54, 1.807) is 39.5 Å². The van der Waals surface area contributed by atoms with E-state index >= 15 is 0 Å². The van der Waals surface area contributed by atoms with E-state index in [-0.39, 0.29) is 5.91 Å². The molecule has 0 aliphatic carbocycles. The number of nitrogens with zero attached hydrogens (tertiary/aromatic N) is 2. The number of hydrogen-bond acceptors (Lipinski definition) is 8. The van der Waals surface area contributed by atoms with Crippen LogP contribution in [0.2, 0.25) is 0 Å². The molecule has 1 fully saturated rings. The fourth-order valence-electron chi connectivity index (χ4n) is 4.55. The molecule has 40 heavy (non-hydrogen) atoms. The molecule has 0 spiro atoms. The summed E-state index contributed by atoms with van der Waals surface area (Å²) in [7, 11) is 4.86. The molecule has 3 aromatic carbocycles. The van der Waals surface area contributed by atoms with Crippen molar-refractivity contribution in [2.75, 3.05) is 76.7 Å². The Morgan fingerprint density at radius 3 is 2.30 bits per heavy atom. The van der Waals surface area contributed by atoms with Crippen LogP contribution in [0.25, 0.3) is 6.08 Å². The van der Waals surface area contributed by atoms with Crippen LogP contribution in [0.1, 0.15) is 11.1 Å². The van der Waals surface area contributed by atoms with E-state index in [1.165, 1.54) is 6.08 Å². The number of para-hydroxylation sites is 2. The third-order valence-electron chi connectivity index (χ3n) is 6.80. The van der Waals surface area contributed by atoms with Crippen molar-refractivity contribution in [3.8, 4) is 17.2 Å². The number of nitrogen functional groups attached to an aromatic ring is 1. The summed E-state index contributed by atoms with van der Waals surface area (Å²) in [5.74, 6) is 1.56. The lowest BCUT2D eigenvalue weighted by Crippen LogP contribution is -2.41. The van der Waals surface area contributed by atoms with Crippen LogP contribution in [0.3, 0.4) is 0 Å². The van der Waals surface area contributed by atoms with E-state index in [1.807, 2.05) is 36.4 Å². The molecule has 0 unspecified atom stereocenters. The van der Waals surface area contributed by atoms with Crippen LogP contribution in [0.15, 0.2) is 66.7 Å². The lowest BCUT2D eigenvalue weighted by Gasteiger charge is -2.31. The molecule has 9 nitrogen and oxygen atoms in total. The molecule has 3 aromatic rings. The third-order valence-corrected chi connectivity index (χ3v) is 6.80. The summed E-state index contributed by atoms with van der Waals surface area (Å²) in [6, 6.07) is 19.3. The molecule has 1 heterocycles. The first kappa shape index (κ1) is 28.8. The Labute approximate surface area is 236 Å². The second-order valence-corrected chi connectivity index (χ2v) is 9.41. The number of benzene rings is 3. The van der Waals surface area contributed by atoms with Gasteiger partial charge in [0, 0.05) is 56.6 Å². The van der Waals surface area contributed by atoms with Gasteiger partial charge in [0.15, 0.2) is 11.5 Å². The van der Waals surface area contributed by atoms with E-state index in [0.29, 0.717) is 35.2 Å². The zero-order chi connectivity index (χ0) is 28.3. The number of ether oxygens (including phenoxy) is 4. The van der Waals surface area contributed by atoms with Crippen LogP contribution in [0.4, 0.5) is 17.1 Å². The van der Waals surface area contributed by atoms with Crippen molar-refractivity contribution in [2.24, 2.45) is 0 Å². The first-order chi connectivity index (χ1) is 19.5. The predicted molar refractivity (Wildman–Crippen MR) is 159 cm³/mol. The van der Waals surface area contributed by atoms with Gasteiger partial charge in [-0.2, -0.15) is 0 Å². The Morgan fingerprint density at radius 1 is 1.00 bits per heavy atom. The lowest BCUT2D eigenvalue weighted by molar-refractivity contribution is -0.111. The Morgan fingerprint density at radius 2 is 1.68 bits per heavy atom. The van der Waals surface area contributed by atoms with Gasteiger partial charge in [-0.3, -0.25) is 9.69 Å². The third kappa shape index (κ3) is 7.68. The molecule has 9 heteroatoms. The number of morpholine rings is 1. The second kappa shape index (κ2) is 14.3. The smallest absolute Gasteiger partial charge is 0.248 e. The minimum Gasteiger partial charge on any atom is -0.493 e. The molecule has 0 atom stereocenters. The number of carbonyl (C=O) groups excluding carboxylic acids is 1. The van der Waals surface area contributed by atoms with E-state index in [0.717, 1.165) is 56.2 Å². The van der Waals surface area contributed by atoms with Crippen LogP contribution in [0.5, 0.6) is 17.2 Å². The zero-order valence-corrected chi connectivity index (χ0v) is 23.4. The van der Waals surface area contributed by atoms with Crippen LogP contribution in [0, 0.1) is 0 Å². The summed E-state index contributed by atoms with van der Waals surface area (Å²) in [5, 5.41) is 2.81. The SMILES string of the molecule is COc1cc(N(CCN2CCOCC2)Cc2ccc(C=CC(=O)Nc3ccccc3N)cc2)cc(OC)c1OC. The number of nitrogens with one attached hydrogen (secondary N) is 1. The van der Waals surface area contributed by atoms with Crippen molar-refractivity contribution in [3.05, 3.63) is 77.9 Å². The number of nitrogens with two attached hydrogens (primary N) is 1. The Bertz CT molecular complexity index is 1260. The summed E-state index contributed by atoms with van der Waals surface area (Å²) in [5.41, 5.74) is 10.1. The van der Waals surface area contributed by atoms with E-state index < -0.39 is 0 Å². The highest BCUT2D eigenvalue weighted by molar-refractivity contribution is 6.03. The van der Waals surface area contributed by atoms with Crippen molar-refractivity contribution in [3.63, 3.8) is 0 Å².